The molecule has 10 nitrogen and oxygen atoms in total. The second-order valence-corrected chi connectivity index (χ2v) is 12.0. The number of amides is 2. The van der Waals surface area contributed by atoms with Gasteiger partial charge in [0.15, 0.2) is 0 Å². The molecule has 0 aliphatic carbocycles. The summed E-state index contributed by atoms with van der Waals surface area (Å²) in [5.74, 6) is 1.89. The molecule has 1 aromatic heterocycles. The Morgan fingerprint density at radius 2 is 1.72 bits per heavy atom. The molecule has 10 heteroatoms. The van der Waals surface area contributed by atoms with Crippen molar-refractivity contribution in [2.24, 2.45) is 0 Å². The summed E-state index contributed by atoms with van der Waals surface area (Å²) in [7, 11) is 1.65. The Kier molecular flexibility index (Phi) is 10.6. The van der Waals surface area contributed by atoms with E-state index >= 15 is 0 Å². The summed E-state index contributed by atoms with van der Waals surface area (Å²) in [5, 5.41) is 1.00. The van der Waals surface area contributed by atoms with Gasteiger partial charge in [0.2, 0.25) is 5.91 Å². The molecule has 46 heavy (non-hydrogen) atoms. The number of methoxy groups -OCH3 is 1. The molecule has 1 atom stereocenters. The maximum Gasteiger partial charge on any atom is 0.410 e. The zero-order valence-electron chi connectivity index (χ0n) is 26.8. The van der Waals surface area contributed by atoms with E-state index in [-0.39, 0.29) is 25.6 Å². The van der Waals surface area contributed by atoms with Crippen molar-refractivity contribution in [1.82, 2.24) is 9.88 Å². The number of anilines is 1. The monoisotopic (exact) mass is 627 g/mol. The molecule has 1 fully saturated rings. The molecule has 0 bridgehead atoms. The van der Waals surface area contributed by atoms with Crippen LogP contribution < -0.4 is 19.1 Å². The molecule has 1 aliphatic rings. The summed E-state index contributed by atoms with van der Waals surface area (Å²) in [5.41, 5.74) is 1.82. The van der Waals surface area contributed by atoms with Gasteiger partial charge in [-0.05, 0) is 69.3 Å². The van der Waals surface area contributed by atoms with Crippen molar-refractivity contribution >= 4 is 28.6 Å². The van der Waals surface area contributed by atoms with Crippen molar-refractivity contribution in [1.29, 1.82) is 0 Å². The van der Waals surface area contributed by atoms with Crippen LogP contribution in [0.25, 0.3) is 10.9 Å². The molecule has 0 unspecified atom stereocenters. The summed E-state index contributed by atoms with van der Waals surface area (Å²) in [6.07, 6.45) is 1.92. The minimum absolute atomic E-state index is 0.0988. The predicted octanol–water partition coefficient (Wildman–Crippen LogP) is 6.26. The number of para-hydroxylation sites is 1. The number of rotatable bonds is 12. The third kappa shape index (κ3) is 8.66. The third-order valence-electron chi connectivity index (χ3n) is 7.33. The van der Waals surface area contributed by atoms with Gasteiger partial charge >= 0.3 is 6.09 Å². The largest absolute Gasteiger partial charge is 0.496 e. The van der Waals surface area contributed by atoms with Crippen LogP contribution in [0.15, 0.2) is 85.1 Å². The maximum atomic E-state index is 13.5. The molecule has 1 aliphatic heterocycles. The van der Waals surface area contributed by atoms with Crippen molar-refractivity contribution in [2.45, 2.75) is 45.4 Å². The van der Waals surface area contributed by atoms with E-state index in [4.69, 9.17) is 23.7 Å². The van der Waals surface area contributed by atoms with E-state index in [0.29, 0.717) is 43.4 Å². The number of fused-ring (bicyclic) bond motifs is 1. The zero-order chi connectivity index (χ0) is 32.5. The molecule has 5 rings (SSSR count). The Labute approximate surface area is 269 Å². The number of benzene rings is 3. The van der Waals surface area contributed by atoms with Crippen LogP contribution in [0.5, 0.6) is 17.2 Å². The highest BCUT2D eigenvalue weighted by Crippen LogP contribution is 2.27. The summed E-state index contributed by atoms with van der Waals surface area (Å²) in [6, 6.07) is 24.3. The van der Waals surface area contributed by atoms with E-state index in [9.17, 15) is 9.59 Å². The van der Waals surface area contributed by atoms with Gasteiger partial charge in [0.25, 0.3) is 0 Å². The molecule has 0 N–H and O–H groups in total. The molecule has 0 saturated carbocycles. The maximum absolute atomic E-state index is 13.5. The van der Waals surface area contributed by atoms with Gasteiger partial charge in [-0.1, -0.05) is 24.3 Å². The molecule has 2 amide bonds. The number of carbonyl (C=O) groups excluding carboxylic acids is 2. The highest BCUT2D eigenvalue weighted by molar-refractivity contribution is 5.98. The standard InChI is InChI=1S/C36H41N3O7/c1-36(2,3)46-35(41)38-22-29(25-45-31-15-12-26-10-7-18-37-32(26)21-31)39(34(40)23-38)28-13-16-30(17-14-28)44-20-8-19-43-24-27-9-5-6-11-33(27)42-4/h5-7,9-18,21,29H,8,19-20,22-25H2,1-4H3/t29-/m1/s1. The molecule has 4 aromatic rings. The number of piperazine rings is 1. The zero-order valence-corrected chi connectivity index (χ0v) is 26.8. The lowest BCUT2D eigenvalue weighted by molar-refractivity contribution is -0.122. The molecule has 0 spiro atoms. The number of ether oxygens (including phenoxy) is 5. The van der Waals surface area contributed by atoms with Gasteiger partial charge in [0.1, 0.15) is 36.0 Å². The van der Waals surface area contributed by atoms with Gasteiger partial charge in [0, 0.05) is 41.9 Å². The first-order chi connectivity index (χ1) is 22.2. The average Bonchev–Trinajstić information content (AvgIpc) is 3.05. The van der Waals surface area contributed by atoms with E-state index in [0.717, 1.165) is 22.2 Å². The summed E-state index contributed by atoms with van der Waals surface area (Å²) in [6.45, 7) is 7.21. The smallest absolute Gasteiger partial charge is 0.410 e. The Morgan fingerprint density at radius 1 is 0.935 bits per heavy atom. The Morgan fingerprint density at radius 3 is 2.50 bits per heavy atom. The summed E-state index contributed by atoms with van der Waals surface area (Å²) in [4.78, 5) is 34.0. The fourth-order valence-corrected chi connectivity index (χ4v) is 5.18. The second-order valence-electron chi connectivity index (χ2n) is 12.0. The third-order valence-corrected chi connectivity index (χ3v) is 7.33. The van der Waals surface area contributed by atoms with Crippen LogP contribution in [-0.2, 0) is 20.9 Å². The van der Waals surface area contributed by atoms with Crippen LogP contribution in [0.1, 0.15) is 32.8 Å². The van der Waals surface area contributed by atoms with Crippen LogP contribution >= 0.6 is 0 Å². The van der Waals surface area contributed by atoms with Crippen LogP contribution in [0.3, 0.4) is 0 Å². The van der Waals surface area contributed by atoms with Gasteiger partial charge < -0.3 is 28.6 Å². The van der Waals surface area contributed by atoms with E-state index in [1.54, 1.807) is 39.0 Å². The first kappa shape index (κ1) is 32.6. The molecule has 1 saturated heterocycles. The normalized spacial score (nSPS) is 15.1. The lowest BCUT2D eigenvalue weighted by atomic mass is 10.1. The van der Waals surface area contributed by atoms with Gasteiger partial charge in [-0.15, -0.1) is 0 Å². The number of hydrogen-bond donors (Lipinski definition) is 0. The van der Waals surface area contributed by atoms with Gasteiger partial charge in [0.05, 0.1) is 38.5 Å². The molecule has 3 aromatic carbocycles. The van der Waals surface area contributed by atoms with Crippen molar-refractivity contribution in [3.05, 3.63) is 90.6 Å². The molecule has 0 radical (unpaired) electrons. The topological polar surface area (TPSA) is 99.7 Å². The van der Waals surface area contributed by atoms with Crippen molar-refractivity contribution < 1.29 is 33.3 Å². The average molecular weight is 628 g/mol. The Hall–Kier alpha value is -4.83. The van der Waals surface area contributed by atoms with E-state index < -0.39 is 17.7 Å². The van der Waals surface area contributed by atoms with Crippen molar-refractivity contribution in [3.8, 4) is 17.2 Å². The van der Waals surface area contributed by atoms with Crippen LogP contribution in [0.4, 0.5) is 10.5 Å². The van der Waals surface area contributed by atoms with E-state index in [1.807, 2.05) is 78.9 Å². The Balaban J connectivity index is 1.20. The Bertz CT molecular complexity index is 1620. The van der Waals surface area contributed by atoms with E-state index in [1.165, 1.54) is 4.90 Å². The van der Waals surface area contributed by atoms with Gasteiger partial charge in [-0.25, -0.2) is 4.79 Å². The minimum atomic E-state index is -0.682. The molecular formula is C36H41N3O7. The number of nitrogens with zero attached hydrogens (tertiary/aromatic N) is 3. The SMILES string of the molecule is COc1ccccc1COCCCOc1ccc(N2C(=O)CN(C(=O)OC(C)(C)C)C[C@@H]2COc2ccc3cccnc3c2)cc1. The highest BCUT2D eigenvalue weighted by Gasteiger charge is 2.38. The lowest BCUT2D eigenvalue weighted by Crippen LogP contribution is -2.60. The molecular weight excluding hydrogens is 586 g/mol. The summed E-state index contributed by atoms with van der Waals surface area (Å²) < 4.78 is 28.8. The van der Waals surface area contributed by atoms with Crippen molar-refractivity contribution in [2.75, 3.05) is 44.9 Å². The predicted molar refractivity (Wildman–Crippen MR) is 176 cm³/mol. The highest BCUT2D eigenvalue weighted by atomic mass is 16.6. The van der Waals surface area contributed by atoms with E-state index in [2.05, 4.69) is 4.98 Å². The fourth-order valence-electron chi connectivity index (χ4n) is 5.18. The fraction of sp³-hybridized carbons (Fsp3) is 0.361. The van der Waals surface area contributed by atoms with Gasteiger partial charge in [-0.2, -0.15) is 0 Å². The van der Waals surface area contributed by atoms with Crippen molar-refractivity contribution in [3.63, 3.8) is 0 Å². The molecule has 242 valence electrons. The number of carbonyl (C=O) groups is 2. The minimum Gasteiger partial charge on any atom is -0.496 e. The molecule has 2 heterocycles. The number of hydrogen-bond acceptors (Lipinski definition) is 8. The first-order valence-electron chi connectivity index (χ1n) is 15.4. The van der Waals surface area contributed by atoms with Crippen LogP contribution in [0.2, 0.25) is 0 Å². The van der Waals surface area contributed by atoms with Crippen LogP contribution in [-0.4, -0.2) is 73.5 Å². The quantitative estimate of drug-likeness (QED) is 0.170. The first-order valence-corrected chi connectivity index (χ1v) is 15.4. The number of aromatic nitrogens is 1. The van der Waals surface area contributed by atoms with Gasteiger partial charge in [-0.3, -0.25) is 14.7 Å². The second kappa shape index (κ2) is 15.0. The summed E-state index contributed by atoms with van der Waals surface area (Å²) >= 11 is 0. The van der Waals surface area contributed by atoms with Crippen LogP contribution in [0, 0.1) is 0 Å². The number of pyridine rings is 1. The lowest BCUT2D eigenvalue weighted by Gasteiger charge is -2.41.